The highest BCUT2D eigenvalue weighted by Crippen LogP contribution is 2.30. The Morgan fingerprint density at radius 2 is 2.07 bits per heavy atom. The van der Waals surface area contributed by atoms with Crippen LogP contribution in [0.1, 0.15) is 6.42 Å². The molecule has 0 radical (unpaired) electrons. The number of nitrogens with zero attached hydrogens (tertiary/aromatic N) is 2. The van der Waals surface area contributed by atoms with Crippen LogP contribution < -0.4 is 21.8 Å². The van der Waals surface area contributed by atoms with Crippen LogP contribution in [0, 0.1) is 0 Å². The molecule has 0 saturated carbocycles. The van der Waals surface area contributed by atoms with Crippen LogP contribution in [0.15, 0.2) is 47.4 Å². The topological polar surface area (TPSA) is 112 Å². The maximum Gasteiger partial charge on any atom is 0.275 e. The molecule has 138 valence electrons. The quantitative estimate of drug-likeness (QED) is 0.472. The summed E-state index contributed by atoms with van der Waals surface area (Å²) in [5, 5.41) is 0.896. The molecule has 0 spiro atoms. The van der Waals surface area contributed by atoms with Gasteiger partial charge in [-0.25, -0.2) is 4.98 Å². The third-order valence-electron chi connectivity index (χ3n) is 4.66. The molecule has 5 N–H and O–H groups in total. The Kier molecular flexibility index (Phi) is 4.29. The largest absolute Gasteiger partial charge is 0.497 e. The molecule has 0 atom stereocenters. The first-order valence-corrected chi connectivity index (χ1v) is 8.77. The number of aryl methyl sites for hydroxylation is 1. The summed E-state index contributed by atoms with van der Waals surface area (Å²) in [6, 6.07) is 11.1. The number of rotatable bonds is 5. The lowest BCUT2D eigenvalue weighted by Crippen LogP contribution is -2.11. The van der Waals surface area contributed by atoms with Gasteiger partial charge in [0, 0.05) is 41.0 Å². The highest BCUT2D eigenvalue weighted by Gasteiger charge is 2.16. The van der Waals surface area contributed by atoms with Crippen molar-refractivity contribution in [3.63, 3.8) is 0 Å². The summed E-state index contributed by atoms with van der Waals surface area (Å²) < 4.78 is 7.36. The van der Waals surface area contributed by atoms with Crippen LogP contribution in [-0.2, 0) is 6.54 Å². The first-order chi connectivity index (χ1) is 13.1. The fourth-order valence-corrected chi connectivity index (χ4v) is 3.32. The van der Waals surface area contributed by atoms with E-state index in [4.69, 9.17) is 16.2 Å². The predicted octanol–water partition coefficient (Wildman–Crippen LogP) is 2.48. The first-order valence-electron chi connectivity index (χ1n) is 8.77. The summed E-state index contributed by atoms with van der Waals surface area (Å²) in [6.07, 6.45) is 2.79. The Morgan fingerprint density at radius 1 is 1.22 bits per heavy atom. The van der Waals surface area contributed by atoms with Gasteiger partial charge >= 0.3 is 0 Å². The molecule has 0 unspecified atom stereocenters. The number of fused-ring (bicyclic) bond motifs is 2. The highest BCUT2D eigenvalue weighted by molar-refractivity contribution is 5.97. The van der Waals surface area contributed by atoms with Gasteiger partial charge in [-0.1, -0.05) is 0 Å². The summed E-state index contributed by atoms with van der Waals surface area (Å²) in [7, 11) is 1.60. The van der Waals surface area contributed by atoms with Crippen LogP contribution in [0.2, 0.25) is 0 Å². The molecule has 0 aliphatic rings. The second-order valence-corrected chi connectivity index (χ2v) is 6.45. The number of nitrogen functional groups attached to an aromatic ring is 1. The first kappa shape index (κ1) is 17.1. The van der Waals surface area contributed by atoms with Gasteiger partial charge in [0.25, 0.3) is 5.56 Å². The molecule has 4 aromatic rings. The summed E-state index contributed by atoms with van der Waals surface area (Å²) in [6.45, 7) is 1.36. The molecule has 0 bridgehead atoms. The molecule has 7 heteroatoms. The number of hydrogen-bond donors (Lipinski definition) is 3. The predicted molar refractivity (Wildman–Crippen MR) is 108 cm³/mol. The Labute approximate surface area is 155 Å². The molecule has 0 aliphatic heterocycles. The zero-order valence-corrected chi connectivity index (χ0v) is 15.0. The van der Waals surface area contributed by atoms with Crippen molar-refractivity contribution in [2.45, 2.75) is 13.0 Å². The van der Waals surface area contributed by atoms with E-state index >= 15 is 0 Å². The van der Waals surface area contributed by atoms with Gasteiger partial charge in [0.2, 0.25) is 0 Å². The third-order valence-corrected chi connectivity index (χ3v) is 4.66. The molecular formula is C20H21N5O2. The Hall–Kier alpha value is -3.32. The lowest BCUT2D eigenvalue weighted by atomic mass is 10.1. The molecule has 0 fully saturated rings. The number of benzene rings is 2. The molecule has 2 aromatic heterocycles. The summed E-state index contributed by atoms with van der Waals surface area (Å²) in [5.41, 5.74) is 15.5. The molecule has 4 rings (SSSR count). The van der Waals surface area contributed by atoms with E-state index in [0.717, 1.165) is 29.4 Å². The molecule has 2 heterocycles. The average Bonchev–Trinajstić information content (AvgIpc) is 3.02. The van der Waals surface area contributed by atoms with Crippen molar-refractivity contribution in [3.8, 4) is 17.0 Å². The van der Waals surface area contributed by atoms with Gasteiger partial charge in [-0.2, -0.15) is 0 Å². The molecule has 0 saturated heterocycles. The van der Waals surface area contributed by atoms with Crippen molar-refractivity contribution in [1.82, 2.24) is 14.5 Å². The van der Waals surface area contributed by atoms with Gasteiger partial charge in [-0.05, 0) is 43.3 Å². The number of hydrogen-bond acceptors (Lipinski definition) is 5. The van der Waals surface area contributed by atoms with Gasteiger partial charge in [-0.3, -0.25) is 4.79 Å². The highest BCUT2D eigenvalue weighted by atomic mass is 16.5. The van der Waals surface area contributed by atoms with E-state index in [2.05, 4.69) is 14.5 Å². The monoisotopic (exact) mass is 363 g/mol. The minimum atomic E-state index is -0.243. The second kappa shape index (κ2) is 6.77. The van der Waals surface area contributed by atoms with E-state index in [9.17, 15) is 4.79 Å². The Balaban J connectivity index is 1.96. The van der Waals surface area contributed by atoms with Crippen LogP contribution in [0.3, 0.4) is 0 Å². The number of ether oxygens (including phenoxy) is 1. The summed E-state index contributed by atoms with van der Waals surface area (Å²) in [5.74, 6) is 0.683. The number of anilines is 1. The standard InChI is InChI=1S/C20H21N5O2/c1-27-13-4-5-16-17(10-13)23-19(20(26)24-16)15-11-25(8-2-7-21)18-6-3-12(22)9-14(15)18/h3-6,9-11H,2,7-8,21-22H2,1H3,(H,24,26). The van der Waals surface area contributed by atoms with Crippen LogP contribution >= 0.6 is 0 Å². The average molecular weight is 363 g/mol. The number of aromatic amines is 1. The zero-order valence-electron chi connectivity index (χ0n) is 15.0. The van der Waals surface area contributed by atoms with Gasteiger partial charge in [0.15, 0.2) is 0 Å². The minimum absolute atomic E-state index is 0.243. The fraction of sp³-hybridized carbons (Fsp3) is 0.200. The van der Waals surface area contributed by atoms with Gasteiger partial charge in [-0.15, -0.1) is 0 Å². The fourth-order valence-electron chi connectivity index (χ4n) is 3.32. The van der Waals surface area contributed by atoms with Crippen molar-refractivity contribution < 1.29 is 4.74 Å². The summed E-state index contributed by atoms with van der Waals surface area (Å²) in [4.78, 5) is 20.3. The molecule has 0 amide bonds. The van der Waals surface area contributed by atoms with Gasteiger partial charge < -0.3 is 25.8 Å². The minimum Gasteiger partial charge on any atom is -0.497 e. The van der Waals surface area contributed by atoms with E-state index in [1.165, 1.54) is 0 Å². The molecule has 27 heavy (non-hydrogen) atoms. The van der Waals surface area contributed by atoms with Crippen LogP contribution in [0.4, 0.5) is 5.69 Å². The Morgan fingerprint density at radius 3 is 2.85 bits per heavy atom. The summed E-state index contributed by atoms with van der Waals surface area (Å²) >= 11 is 0. The molecule has 2 aromatic carbocycles. The normalized spacial score (nSPS) is 11.3. The van der Waals surface area contributed by atoms with E-state index in [1.807, 2.05) is 24.4 Å². The van der Waals surface area contributed by atoms with E-state index < -0.39 is 0 Å². The third kappa shape index (κ3) is 3.02. The maximum absolute atomic E-state index is 12.7. The lowest BCUT2D eigenvalue weighted by Gasteiger charge is -2.04. The SMILES string of the molecule is COc1ccc2[nH]c(=O)c(-c3cn(CCCN)c4ccc(N)cc34)nc2c1. The van der Waals surface area contributed by atoms with Crippen molar-refractivity contribution >= 4 is 27.6 Å². The lowest BCUT2D eigenvalue weighted by molar-refractivity contribution is 0.415. The van der Waals surface area contributed by atoms with Gasteiger partial charge in [0.05, 0.1) is 18.1 Å². The van der Waals surface area contributed by atoms with E-state index in [1.54, 1.807) is 25.3 Å². The second-order valence-electron chi connectivity index (χ2n) is 6.45. The number of methoxy groups -OCH3 is 1. The van der Waals surface area contributed by atoms with Crippen molar-refractivity contribution in [1.29, 1.82) is 0 Å². The van der Waals surface area contributed by atoms with E-state index in [-0.39, 0.29) is 5.56 Å². The van der Waals surface area contributed by atoms with Crippen LogP contribution in [-0.4, -0.2) is 28.2 Å². The van der Waals surface area contributed by atoms with Crippen LogP contribution in [0.5, 0.6) is 5.75 Å². The number of aromatic nitrogens is 3. The van der Waals surface area contributed by atoms with Crippen molar-refractivity contribution in [2.24, 2.45) is 5.73 Å². The van der Waals surface area contributed by atoms with E-state index in [0.29, 0.717) is 34.7 Å². The number of nitrogens with two attached hydrogens (primary N) is 2. The number of nitrogens with one attached hydrogen (secondary N) is 1. The van der Waals surface area contributed by atoms with Gasteiger partial charge in [0.1, 0.15) is 11.4 Å². The molecular weight excluding hydrogens is 342 g/mol. The smallest absolute Gasteiger partial charge is 0.275 e. The van der Waals surface area contributed by atoms with Crippen LogP contribution in [0.25, 0.3) is 33.2 Å². The van der Waals surface area contributed by atoms with Crippen molar-refractivity contribution in [3.05, 3.63) is 52.9 Å². The molecule has 0 aliphatic carbocycles. The van der Waals surface area contributed by atoms with Crippen molar-refractivity contribution in [2.75, 3.05) is 19.4 Å². The number of H-pyrrole nitrogens is 1. The Bertz CT molecular complexity index is 1190. The molecule has 7 nitrogen and oxygen atoms in total. The zero-order chi connectivity index (χ0) is 19.0. The maximum atomic E-state index is 12.7.